The van der Waals surface area contributed by atoms with Gasteiger partial charge in [-0.1, -0.05) is 23.7 Å². The average molecular weight is 436 g/mol. The monoisotopic (exact) mass is 435 g/mol. The number of para-hydroxylation sites is 1. The number of anilines is 3. The van der Waals surface area contributed by atoms with Crippen molar-refractivity contribution in [3.63, 3.8) is 0 Å². The number of halogens is 1. The highest BCUT2D eigenvalue weighted by Crippen LogP contribution is 2.29. The molecule has 0 spiro atoms. The lowest BCUT2D eigenvalue weighted by Crippen LogP contribution is -2.37. The van der Waals surface area contributed by atoms with Gasteiger partial charge in [-0.3, -0.25) is 13.9 Å². The maximum Gasteiger partial charge on any atom is 0.245 e. The van der Waals surface area contributed by atoms with Crippen molar-refractivity contribution >= 4 is 50.5 Å². The molecule has 1 saturated heterocycles. The van der Waals surface area contributed by atoms with Crippen LogP contribution in [-0.4, -0.2) is 39.6 Å². The summed E-state index contributed by atoms with van der Waals surface area (Å²) in [7, 11) is -3.72. The Balaban J connectivity index is 1.76. The van der Waals surface area contributed by atoms with E-state index in [0.29, 0.717) is 18.7 Å². The van der Waals surface area contributed by atoms with Crippen molar-refractivity contribution < 1.29 is 18.0 Å². The minimum atomic E-state index is -3.72. The maximum atomic E-state index is 12.5. The Morgan fingerprint density at radius 1 is 1.24 bits per heavy atom. The number of sulfonamides is 1. The number of carbonyl (C=O) groups excluding carboxylic acids is 2. The van der Waals surface area contributed by atoms with Gasteiger partial charge in [-0.25, -0.2) is 8.42 Å². The van der Waals surface area contributed by atoms with E-state index >= 15 is 0 Å². The highest BCUT2D eigenvalue weighted by molar-refractivity contribution is 7.92. The summed E-state index contributed by atoms with van der Waals surface area (Å²) in [6, 6.07) is 11.7. The van der Waals surface area contributed by atoms with Crippen LogP contribution in [0.1, 0.15) is 18.4 Å². The topological polar surface area (TPSA) is 86.8 Å². The molecule has 1 fully saturated rings. The van der Waals surface area contributed by atoms with E-state index in [9.17, 15) is 18.0 Å². The lowest BCUT2D eigenvalue weighted by molar-refractivity contribution is -0.117. The molecule has 9 heteroatoms. The Morgan fingerprint density at radius 2 is 1.97 bits per heavy atom. The first-order chi connectivity index (χ1) is 13.7. The molecular formula is C20H22ClN3O4S. The van der Waals surface area contributed by atoms with Crippen molar-refractivity contribution in [2.24, 2.45) is 0 Å². The van der Waals surface area contributed by atoms with Crippen LogP contribution < -0.4 is 14.5 Å². The molecule has 154 valence electrons. The highest BCUT2D eigenvalue weighted by atomic mass is 35.5. The molecule has 0 aromatic heterocycles. The largest absolute Gasteiger partial charge is 0.325 e. The van der Waals surface area contributed by atoms with Crippen molar-refractivity contribution in [1.82, 2.24) is 0 Å². The maximum absolute atomic E-state index is 12.5. The van der Waals surface area contributed by atoms with Crippen LogP contribution in [0.3, 0.4) is 0 Å². The molecule has 2 aromatic rings. The van der Waals surface area contributed by atoms with Crippen LogP contribution >= 0.6 is 11.6 Å². The predicted molar refractivity (Wildman–Crippen MR) is 115 cm³/mol. The Labute approximate surface area is 175 Å². The van der Waals surface area contributed by atoms with E-state index < -0.39 is 22.5 Å². The minimum absolute atomic E-state index is 0.0911. The van der Waals surface area contributed by atoms with Gasteiger partial charge in [0.05, 0.1) is 17.0 Å². The second-order valence-electron chi connectivity index (χ2n) is 6.92. The minimum Gasteiger partial charge on any atom is -0.325 e. The number of hydrogen-bond acceptors (Lipinski definition) is 4. The van der Waals surface area contributed by atoms with Crippen LogP contribution in [-0.2, 0) is 19.6 Å². The quantitative estimate of drug-likeness (QED) is 0.754. The molecular weight excluding hydrogens is 414 g/mol. The standard InChI is InChI=1S/C20H22ClN3O4S/c1-14-12-15(9-10-17(14)23-11-5-8-20(23)26)22-19(25)13-24(29(2,27)28)18-7-4-3-6-16(18)21/h3-4,6-7,9-10,12H,5,8,11,13H2,1-2H3,(H,22,25). The van der Waals surface area contributed by atoms with Gasteiger partial charge >= 0.3 is 0 Å². The van der Waals surface area contributed by atoms with Gasteiger partial charge in [0.15, 0.2) is 0 Å². The van der Waals surface area contributed by atoms with Gasteiger partial charge < -0.3 is 10.2 Å². The Bertz CT molecular complexity index is 1060. The third-order valence-corrected chi connectivity index (χ3v) is 6.10. The van der Waals surface area contributed by atoms with Crippen LogP contribution in [0.15, 0.2) is 42.5 Å². The number of rotatable bonds is 6. The van der Waals surface area contributed by atoms with Crippen LogP contribution in [0.5, 0.6) is 0 Å². The van der Waals surface area contributed by atoms with E-state index in [1.54, 1.807) is 47.4 Å². The Kier molecular flexibility index (Phi) is 6.14. The summed E-state index contributed by atoms with van der Waals surface area (Å²) in [6.45, 7) is 2.14. The van der Waals surface area contributed by atoms with Crippen LogP contribution in [0.4, 0.5) is 17.1 Å². The fraction of sp³-hybridized carbons (Fsp3) is 0.300. The molecule has 1 aliphatic heterocycles. The zero-order valence-corrected chi connectivity index (χ0v) is 17.8. The molecule has 2 amide bonds. The predicted octanol–water partition coefficient (Wildman–Crippen LogP) is 3.18. The summed E-state index contributed by atoms with van der Waals surface area (Å²) in [5, 5.41) is 2.95. The molecule has 2 aromatic carbocycles. The number of nitrogens with zero attached hydrogens (tertiary/aromatic N) is 2. The molecule has 0 saturated carbocycles. The smallest absolute Gasteiger partial charge is 0.245 e. The first-order valence-corrected chi connectivity index (χ1v) is 11.3. The van der Waals surface area contributed by atoms with Gasteiger partial charge in [0.25, 0.3) is 0 Å². The first-order valence-electron chi connectivity index (χ1n) is 9.10. The summed E-state index contributed by atoms with van der Waals surface area (Å²) in [4.78, 5) is 26.2. The summed E-state index contributed by atoms with van der Waals surface area (Å²) in [6.07, 6.45) is 2.40. The zero-order chi connectivity index (χ0) is 21.2. The van der Waals surface area contributed by atoms with Crippen molar-refractivity contribution in [1.29, 1.82) is 0 Å². The number of carbonyl (C=O) groups is 2. The molecule has 7 nitrogen and oxygen atoms in total. The van der Waals surface area contributed by atoms with Crippen LogP contribution in [0.25, 0.3) is 0 Å². The third-order valence-electron chi connectivity index (χ3n) is 4.65. The fourth-order valence-electron chi connectivity index (χ4n) is 3.30. The fourth-order valence-corrected chi connectivity index (χ4v) is 4.46. The van der Waals surface area contributed by atoms with Gasteiger partial charge in [0.1, 0.15) is 6.54 Å². The highest BCUT2D eigenvalue weighted by Gasteiger charge is 2.24. The van der Waals surface area contributed by atoms with Crippen LogP contribution in [0.2, 0.25) is 5.02 Å². The van der Waals surface area contributed by atoms with Crippen molar-refractivity contribution in [2.75, 3.05) is 33.9 Å². The van der Waals surface area contributed by atoms with Crippen LogP contribution in [0, 0.1) is 6.92 Å². The van der Waals surface area contributed by atoms with E-state index in [2.05, 4.69) is 5.32 Å². The Morgan fingerprint density at radius 3 is 2.55 bits per heavy atom. The summed E-state index contributed by atoms with van der Waals surface area (Å²) >= 11 is 6.11. The van der Waals surface area contributed by atoms with E-state index in [1.165, 1.54) is 0 Å². The van der Waals surface area contributed by atoms with Gasteiger partial charge in [0, 0.05) is 24.3 Å². The van der Waals surface area contributed by atoms with Crippen molar-refractivity contribution in [3.05, 3.63) is 53.1 Å². The van der Waals surface area contributed by atoms with E-state index in [1.807, 2.05) is 6.92 Å². The van der Waals surface area contributed by atoms with Crippen molar-refractivity contribution in [3.8, 4) is 0 Å². The molecule has 0 atom stereocenters. The SMILES string of the molecule is Cc1cc(NC(=O)CN(c2ccccc2Cl)S(C)(=O)=O)ccc1N1CCCC1=O. The Hall–Kier alpha value is -2.58. The van der Waals surface area contributed by atoms with E-state index in [0.717, 1.165) is 28.2 Å². The lowest BCUT2D eigenvalue weighted by atomic mass is 10.1. The van der Waals surface area contributed by atoms with Gasteiger partial charge in [-0.15, -0.1) is 0 Å². The second-order valence-corrected chi connectivity index (χ2v) is 9.23. The summed E-state index contributed by atoms with van der Waals surface area (Å²) in [5.41, 5.74) is 2.44. The molecule has 1 heterocycles. The second kappa shape index (κ2) is 8.42. The third kappa shape index (κ3) is 4.89. The van der Waals surface area contributed by atoms with Gasteiger partial charge in [-0.2, -0.15) is 0 Å². The average Bonchev–Trinajstić information content (AvgIpc) is 3.05. The lowest BCUT2D eigenvalue weighted by Gasteiger charge is -2.23. The molecule has 1 aliphatic rings. The summed E-state index contributed by atoms with van der Waals surface area (Å²) < 4.78 is 25.4. The normalized spacial score (nSPS) is 14.2. The molecule has 3 rings (SSSR count). The summed E-state index contributed by atoms with van der Waals surface area (Å²) in [5.74, 6) is -0.409. The van der Waals surface area contributed by atoms with Crippen molar-refractivity contribution in [2.45, 2.75) is 19.8 Å². The number of nitrogens with one attached hydrogen (secondary N) is 1. The zero-order valence-electron chi connectivity index (χ0n) is 16.2. The number of benzene rings is 2. The number of amides is 2. The molecule has 0 radical (unpaired) electrons. The van der Waals surface area contributed by atoms with E-state index in [-0.39, 0.29) is 16.6 Å². The molecule has 0 aliphatic carbocycles. The first kappa shape index (κ1) is 21.1. The number of aryl methyl sites for hydroxylation is 1. The van der Waals surface area contributed by atoms with Gasteiger partial charge in [-0.05, 0) is 49.2 Å². The van der Waals surface area contributed by atoms with E-state index in [4.69, 9.17) is 11.6 Å². The molecule has 1 N–H and O–H groups in total. The number of hydrogen-bond donors (Lipinski definition) is 1. The molecule has 29 heavy (non-hydrogen) atoms. The molecule has 0 unspecified atom stereocenters. The molecule has 0 bridgehead atoms. The van der Waals surface area contributed by atoms with Gasteiger partial charge in [0.2, 0.25) is 21.8 Å².